The van der Waals surface area contributed by atoms with E-state index in [1.807, 2.05) is 24.3 Å². The van der Waals surface area contributed by atoms with E-state index >= 15 is 0 Å². The molecule has 4 heteroatoms. The number of fused-ring (bicyclic) bond motifs is 2. The highest BCUT2D eigenvalue weighted by Gasteiger charge is 2.21. The van der Waals surface area contributed by atoms with Crippen molar-refractivity contribution < 1.29 is 4.74 Å². The molecule has 1 atom stereocenters. The highest BCUT2D eigenvalue weighted by Crippen LogP contribution is 2.33. The van der Waals surface area contributed by atoms with Gasteiger partial charge < -0.3 is 15.0 Å². The first-order chi connectivity index (χ1) is 12.7. The molecule has 132 valence electrons. The maximum atomic E-state index is 6.18. The predicted molar refractivity (Wildman–Crippen MR) is 107 cm³/mol. The Bertz CT molecular complexity index is 1070. The minimum absolute atomic E-state index is 0.118. The van der Waals surface area contributed by atoms with Gasteiger partial charge in [-0.15, -0.1) is 0 Å². The standard InChI is InChI=1S/C22H23N3O/c1-25-20-10-6-5-9-19(20)24-22(25)16(14-23)13-18-17-8-4-3-7-15(17)11-12-21(18)26-2/h3-12,16H,13-14,23H2,1-2H3. The number of para-hydroxylation sites is 2. The molecule has 26 heavy (non-hydrogen) atoms. The summed E-state index contributed by atoms with van der Waals surface area (Å²) in [6, 6.07) is 20.7. The van der Waals surface area contributed by atoms with Crippen LogP contribution < -0.4 is 10.5 Å². The summed E-state index contributed by atoms with van der Waals surface area (Å²) < 4.78 is 7.81. The van der Waals surface area contributed by atoms with Gasteiger partial charge in [0.2, 0.25) is 0 Å². The first-order valence-corrected chi connectivity index (χ1v) is 8.89. The second kappa shape index (κ2) is 6.81. The van der Waals surface area contributed by atoms with Gasteiger partial charge in [-0.3, -0.25) is 0 Å². The minimum atomic E-state index is 0.118. The molecule has 2 N–H and O–H groups in total. The van der Waals surface area contributed by atoms with Gasteiger partial charge >= 0.3 is 0 Å². The largest absolute Gasteiger partial charge is 0.496 e. The van der Waals surface area contributed by atoms with Crippen LogP contribution in [0.3, 0.4) is 0 Å². The number of nitrogens with two attached hydrogens (primary N) is 1. The van der Waals surface area contributed by atoms with Crippen molar-refractivity contribution in [3.05, 3.63) is 72.1 Å². The van der Waals surface area contributed by atoms with Crippen LogP contribution >= 0.6 is 0 Å². The van der Waals surface area contributed by atoms with E-state index in [1.54, 1.807) is 7.11 Å². The Morgan fingerprint density at radius 1 is 1.04 bits per heavy atom. The van der Waals surface area contributed by atoms with Crippen LogP contribution in [0, 0.1) is 0 Å². The Morgan fingerprint density at radius 2 is 1.81 bits per heavy atom. The third kappa shape index (κ3) is 2.72. The van der Waals surface area contributed by atoms with E-state index in [0.717, 1.165) is 29.0 Å². The molecule has 0 aliphatic rings. The van der Waals surface area contributed by atoms with Crippen LogP contribution in [0.25, 0.3) is 21.8 Å². The van der Waals surface area contributed by atoms with Crippen LogP contribution in [0.1, 0.15) is 17.3 Å². The fourth-order valence-corrected chi connectivity index (χ4v) is 3.77. The first-order valence-electron chi connectivity index (χ1n) is 8.89. The molecule has 4 nitrogen and oxygen atoms in total. The van der Waals surface area contributed by atoms with E-state index in [9.17, 15) is 0 Å². The third-order valence-corrected chi connectivity index (χ3v) is 5.14. The number of benzene rings is 3. The molecule has 4 aromatic rings. The summed E-state index contributed by atoms with van der Waals surface area (Å²) in [7, 11) is 3.79. The average molecular weight is 345 g/mol. The van der Waals surface area contributed by atoms with Crippen molar-refractivity contribution in [3.63, 3.8) is 0 Å². The van der Waals surface area contributed by atoms with Gasteiger partial charge in [-0.05, 0) is 35.4 Å². The maximum absolute atomic E-state index is 6.18. The average Bonchev–Trinajstić information content (AvgIpc) is 3.02. The van der Waals surface area contributed by atoms with Gasteiger partial charge in [0.25, 0.3) is 0 Å². The van der Waals surface area contributed by atoms with E-state index in [-0.39, 0.29) is 5.92 Å². The molecule has 0 saturated heterocycles. The number of hydrogen-bond donors (Lipinski definition) is 1. The van der Waals surface area contributed by atoms with E-state index < -0.39 is 0 Å². The van der Waals surface area contributed by atoms with Gasteiger partial charge in [0.05, 0.1) is 18.1 Å². The van der Waals surface area contributed by atoms with Gasteiger partial charge in [-0.2, -0.15) is 0 Å². The Morgan fingerprint density at radius 3 is 2.58 bits per heavy atom. The molecule has 0 saturated carbocycles. The fraction of sp³-hybridized carbons (Fsp3) is 0.227. The molecule has 0 aliphatic carbocycles. The zero-order valence-electron chi connectivity index (χ0n) is 15.1. The molecule has 0 radical (unpaired) electrons. The molecule has 0 fully saturated rings. The summed E-state index contributed by atoms with van der Waals surface area (Å²) in [4.78, 5) is 4.86. The Hall–Kier alpha value is -2.85. The topological polar surface area (TPSA) is 53.1 Å². The molecule has 0 aliphatic heterocycles. The smallest absolute Gasteiger partial charge is 0.122 e. The van der Waals surface area contributed by atoms with Crippen LogP contribution in [0.2, 0.25) is 0 Å². The molecular weight excluding hydrogens is 322 g/mol. The van der Waals surface area contributed by atoms with Crippen LogP contribution in [0.15, 0.2) is 60.7 Å². The van der Waals surface area contributed by atoms with E-state index in [2.05, 4.69) is 48.0 Å². The number of imidazole rings is 1. The molecule has 0 amide bonds. The molecule has 1 unspecified atom stereocenters. The maximum Gasteiger partial charge on any atom is 0.122 e. The SMILES string of the molecule is COc1ccc2ccccc2c1CC(CN)c1nc2ccccc2n1C. The van der Waals surface area contributed by atoms with Crippen molar-refractivity contribution in [2.24, 2.45) is 12.8 Å². The Kier molecular flexibility index (Phi) is 4.35. The van der Waals surface area contributed by atoms with Crippen molar-refractivity contribution in [1.82, 2.24) is 9.55 Å². The lowest BCUT2D eigenvalue weighted by atomic mass is 9.93. The molecule has 0 bridgehead atoms. The van der Waals surface area contributed by atoms with Gasteiger partial charge in [-0.25, -0.2) is 4.98 Å². The van der Waals surface area contributed by atoms with Gasteiger partial charge in [0.15, 0.2) is 0 Å². The highest BCUT2D eigenvalue weighted by molar-refractivity contribution is 5.88. The normalized spacial score (nSPS) is 12.6. The quantitative estimate of drug-likeness (QED) is 0.594. The van der Waals surface area contributed by atoms with E-state index in [4.69, 9.17) is 15.5 Å². The number of nitrogens with zero attached hydrogens (tertiary/aromatic N) is 2. The number of aryl methyl sites for hydroxylation is 1. The van der Waals surface area contributed by atoms with Crippen molar-refractivity contribution >= 4 is 21.8 Å². The Balaban J connectivity index is 1.82. The number of ether oxygens (including phenoxy) is 1. The molecule has 4 rings (SSSR count). The summed E-state index contributed by atoms with van der Waals surface area (Å²) in [6.07, 6.45) is 0.790. The minimum Gasteiger partial charge on any atom is -0.496 e. The van der Waals surface area contributed by atoms with Crippen molar-refractivity contribution in [2.45, 2.75) is 12.3 Å². The summed E-state index contributed by atoms with van der Waals surface area (Å²) in [5, 5.41) is 2.42. The van der Waals surface area contributed by atoms with Crippen LogP contribution in [0.5, 0.6) is 5.75 Å². The monoisotopic (exact) mass is 345 g/mol. The highest BCUT2D eigenvalue weighted by atomic mass is 16.5. The Labute approximate surface area is 153 Å². The van der Waals surface area contributed by atoms with Gasteiger partial charge in [0.1, 0.15) is 11.6 Å². The number of aromatic nitrogens is 2. The van der Waals surface area contributed by atoms with Gasteiger partial charge in [-0.1, -0.05) is 42.5 Å². The van der Waals surface area contributed by atoms with Crippen molar-refractivity contribution in [3.8, 4) is 5.75 Å². The molecule has 1 heterocycles. The van der Waals surface area contributed by atoms with Gasteiger partial charge in [0, 0.05) is 25.1 Å². The lowest BCUT2D eigenvalue weighted by Crippen LogP contribution is -2.19. The summed E-state index contributed by atoms with van der Waals surface area (Å²) >= 11 is 0. The molecule has 0 spiro atoms. The molecule has 3 aromatic carbocycles. The zero-order chi connectivity index (χ0) is 18.1. The zero-order valence-corrected chi connectivity index (χ0v) is 15.1. The predicted octanol–water partition coefficient (Wildman–Crippen LogP) is 4.02. The third-order valence-electron chi connectivity index (χ3n) is 5.14. The summed E-state index contributed by atoms with van der Waals surface area (Å²) in [5.74, 6) is 2.04. The molecular formula is C22H23N3O. The number of hydrogen-bond acceptors (Lipinski definition) is 3. The van der Waals surface area contributed by atoms with Crippen LogP contribution in [0.4, 0.5) is 0 Å². The second-order valence-corrected chi connectivity index (χ2v) is 6.62. The fourth-order valence-electron chi connectivity index (χ4n) is 3.77. The summed E-state index contributed by atoms with van der Waals surface area (Å²) in [5.41, 5.74) is 9.51. The van der Waals surface area contributed by atoms with E-state index in [1.165, 1.54) is 16.3 Å². The van der Waals surface area contributed by atoms with E-state index in [0.29, 0.717) is 6.54 Å². The molecule has 1 aromatic heterocycles. The second-order valence-electron chi connectivity index (χ2n) is 6.62. The van der Waals surface area contributed by atoms with Crippen LogP contribution in [-0.2, 0) is 13.5 Å². The van der Waals surface area contributed by atoms with Crippen molar-refractivity contribution in [2.75, 3.05) is 13.7 Å². The number of methoxy groups -OCH3 is 1. The van der Waals surface area contributed by atoms with Crippen molar-refractivity contribution in [1.29, 1.82) is 0 Å². The summed E-state index contributed by atoms with van der Waals surface area (Å²) in [6.45, 7) is 0.531. The lowest BCUT2D eigenvalue weighted by Gasteiger charge is -2.18. The van der Waals surface area contributed by atoms with Crippen LogP contribution in [-0.4, -0.2) is 23.2 Å². The first kappa shape index (κ1) is 16.6. The lowest BCUT2D eigenvalue weighted by molar-refractivity contribution is 0.408. The number of rotatable bonds is 5.